The lowest BCUT2D eigenvalue weighted by atomic mass is 10.3. The van der Waals surface area contributed by atoms with Crippen LogP contribution in [0.2, 0.25) is 0 Å². The fourth-order valence-corrected chi connectivity index (χ4v) is 4.03. The predicted octanol–water partition coefficient (Wildman–Crippen LogP) is 2.63. The maximum Gasteiger partial charge on any atom is 0.246 e. The first-order valence-electron chi connectivity index (χ1n) is 6.69. The molecule has 1 heterocycles. The summed E-state index contributed by atoms with van der Waals surface area (Å²) in [6.45, 7) is 0.406. The Kier molecular flexibility index (Phi) is 5.44. The van der Waals surface area contributed by atoms with Crippen LogP contribution in [0.25, 0.3) is 0 Å². The van der Waals surface area contributed by atoms with Crippen molar-refractivity contribution in [1.29, 1.82) is 0 Å². The van der Waals surface area contributed by atoms with Crippen LogP contribution in [-0.2, 0) is 16.4 Å². The molecule has 0 aliphatic rings. The SMILES string of the molecule is COc1ccc(OC)c(S(=O)(=O)N(C)CCc2cccs2)c1. The minimum absolute atomic E-state index is 0.114. The van der Waals surface area contributed by atoms with Gasteiger partial charge in [0, 0.05) is 24.5 Å². The topological polar surface area (TPSA) is 55.8 Å². The summed E-state index contributed by atoms with van der Waals surface area (Å²) in [7, 11) is 0.886. The van der Waals surface area contributed by atoms with E-state index in [1.165, 1.54) is 24.6 Å². The van der Waals surface area contributed by atoms with Gasteiger partial charge in [-0.25, -0.2) is 12.7 Å². The number of likely N-dealkylation sites (N-methyl/N-ethyl adjacent to an activating group) is 1. The molecule has 0 spiro atoms. The zero-order valence-corrected chi connectivity index (χ0v) is 14.4. The summed E-state index contributed by atoms with van der Waals surface area (Å²) >= 11 is 1.62. The van der Waals surface area contributed by atoms with Crippen molar-refractivity contribution in [2.45, 2.75) is 11.3 Å². The summed E-state index contributed by atoms with van der Waals surface area (Å²) in [5.74, 6) is 0.787. The second-order valence-electron chi connectivity index (χ2n) is 4.67. The predicted molar refractivity (Wildman–Crippen MR) is 87.4 cm³/mol. The number of methoxy groups -OCH3 is 2. The van der Waals surface area contributed by atoms with E-state index in [1.807, 2.05) is 17.5 Å². The molecule has 120 valence electrons. The Bertz CT molecular complexity index is 711. The highest BCUT2D eigenvalue weighted by molar-refractivity contribution is 7.89. The first-order valence-corrected chi connectivity index (χ1v) is 9.01. The molecule has 7 heteroatoms. The molecule has 0 unspecified atom stereocenters. The van der Waals surface area contributed by atoms with Gasteiger partial charge in [0.2, 0.25) is 10.0 Å². The number of benzene rings is 1. The lowest BCUT2D eigenvalue weighted by Crippen LogP contribution is -2.29. The highest BCUT2D eigenvalue weighted by Crippen LogP contribution is 2.30. The minimum Gasteiger partial charge on any atom is -0.497 e. The first-order chi connectivity index (χ1) is 10.5. The van der Waals surface area contributed by atoms with Gasteiger partial charge in [-0.1, -0.05) is 6.07 Å². The van der Waals surface area contributed by atoms with Gasteiger partial charge in [0.15, 0.2) is 0 Å². The quantitative estimate of drug-likeness (QED) is 0.777. The Morgan fingerprint density at radius 1 is 1.18 bits per heavy atom. The van der Waals surface area contributed by atoms with Crippen LogP contribution in [0.3, 0.4) is 0 Å². The van der Waals surface area contributed by atoms with Gasteiger partial charge in [0.05, 0.1) is 14.2 Å². The van der Waals surface area contributed by atoms with E-state index in [0.29, 0.717) is 24.5 Å². The van der Waals surface area contributed by atoms with Crippen LogP contribution in [0, 0.1) is 0 Å². The molecule has 0 bridgehead atoms. The van der Waals surface area contributed by atoms with Crippen LogP contribution in [0.5, 0.6) is 11.5 Å². The molecule has 2 aromatic rings. The van der Waals surface area contributed by atoms with Gasteiger partial charge in [-0.2, -0.15) is 0 Å². The molecular weight excluding hydrogens is 322 g/mol. The van der Waals surface area contributed by atoms with Gasteiger partial charge in [-0.15, -0.1) is 11.3 Å². The van der Waals surface area contributed by atoms with Crippen molar-refractivity contribution in [2.75, 3.05) is 27.8 Å². The molecule has 0 radical (unpaired) electrons. The Morgan fingerprint density at radius 2 is 1.95 bits per heavy atom. The number of rotatable bonds is 7. The van der Waals surface area contributed by atoms with Gasteiger partial charge in [0.1, 0.15) is 16.4 Å². The maximum atomic E-state index is 12.7. The van der Waals surface area contributed by atoms with E-state index in [9.17, 15) is 8.42 Å². The summed E-state index contributed by atoms with van der Waals surface area (Å²) in [6, 6.07) is 8.70. The minimum atomic E-state index is -3.63. The standard InChI is InChI=1S/C15H19NO4S2/c1-16(9-8-13-5-4-10-21-13)22(17,18)15-11-12(19-2)6-7-14(15)20-3/h4-7,10-11H,8-9H2,1-3H3. The lowest BCUT2D eigenvalue weighted by Gasteiger charge is -2.19. The number of ether oxygens (including phenoxy) is 2. The highest BCUT2D eigenvalue weighted by atomic mass is 32.2. The third-order valence-corrected chi connectivity index (χ3v) is 6.13. The van der Waals surface area contributed by atoms with Crippen molar-refractivity contribution in [2.24, 2.45) is 0 Å². The van der Waals surface area contributed by atoms with E-state index < -0.39 is 10.0 Å². The van der Waals surface area contributed by atoms with Gasteiger partial charge in [0.25, 0.3) is 0 Å². The summed E-state index contributed by atoms with van der Waals surface area (Å²) in [6.07, 6.45) is 0.680. The van der Waals surface area contributed by atoms with E-state index in [-0.39, 0.29) is 4.90 Å². The highest BCUT2D eigenvalue weighted by Gasteiger charge is 2.25. The van der Waals surface area contributed by atoms with Crippen molar-refractivity contribution in [3.05, 3.63) is 40.6 Å². The van der Waals surface area contributed by atoms with Crippen molar-refractivity contribution in [3.8, 4) is 11.5 Å². The van der Waals surface area contributed by atoms with Gasteiger partial charge in [-0.05, 0) is 30.0 Å². The van der Waals surface area contributed by atoms with Gasteiger partial charge in [-0.3, -0.25) is 0 Å². The van der Waals surface area contributed by atoms with Crippen molar-refractivity contribution in [3.63, 3.8) is 0 Å². The Morgan fingerprint density at radius 3 is 2.55 bits per heavy atom. The summed E-state index contributed by atoms with van der Waals surface area (Å²) in [5.41, 5.74) is 0. The van der Waals surface area contributed by atoms with Crippen LogP contribution < -0.4 is 9.47 Å². The number of sulfonamides is 1. The lowest BCUT2D eigenvalue weighted by molar-refractivity contribution is 0.388. The largest absolute Gasteiger partial charge is 0.497 e. The third-order valence-electron chi connectivity index (χ3n) is 3.31. The van der Waals surface area contributed by atoms with E-state index in [4.69, 9.17) is 9.47 Å². The van der Waals surface area contributed by atoms with E-state index in [1.54, 1.807) is 30.5 Å². The number of hydrogen-bond donors (Lipinski definition) is 0. The zero-order chi connectivity index (χ0) is 16.2. The molecule has 0 N–H and O–H groups in total. The van der Waals surface area contributed by atoms with E-state index in [0.717, 1.165) is 4.88 Å². The van der Waals surface area contributed by atoms with Gasteiger partial charge >= 0.3 is 0 Å². The van der Waals surface area contributed by atoms with Crippen molar-refractivity contribution >= 4 is 21.4 Å². The molecule has 0 amide bonds. The zero-order valence-electron chi connectivity index (χ0n) is 12.8. The molecule has 2 rings (SSSR count). The molecule has 0 saturated heterocycles. The first kappa shape index (κ1) is 16.8. The maximum absolute atomic E-state index is 12.7. The number of hydrogen-bond acceptors (Lipinski definition) is 5. The molecule has 0 saturated carbocycles. The van der Waals surface area contributed by atoms with Crippen LogP contribution in [0.4, 0.5) is 0 Å². The fourth-order valence-electron chi connectivity index (χ4n) is 2.00. The Hall–Kier alpha value is -1.57. The molecule has 0 aliphatic carbocycles. The number of thiophene rings is 1. The van der Waals surface area contributed by atoms with E-state index >= 15 is 0 Å². The summed E-state index contributed by atoms with van der Waals surface area (Å²) in [4.78, 5) is 1.27. The molecular formula is C15H19NO4S2. The second kappa shape index (κ2) is 7.13. The summed E-state index contributed by atoms with van der Waals surface area (Å²) < 4.78 is 37.1. The monoisotopic (exact) mass is 341 g/mol. The smallest absolute Gasteiger partial charge is 0.246 e. The average Bonchev–Trinajstić information content (AvgIpc) is 3.05. The van der Waals surface area contributed by atoms with Crippen molar-refractivity contribution < 1.29 is 17.9 Å². The van der Waals surface area contributed by atoms with Gasteiger partial charge < -0.3 is 9.47 Å². The van der Waals surface area contributed by atoms with Crippen molar-refractivity contribution in [1.82, 2.24) is 4.31 Å². The van der Waals surface area contributed by atoms with Crippen LogP contribution >= 0.6 is 11.3 Å². The summed E-state index contributed by atoms with van der Waals surface area (Å²) in [5, 5.41) is 1.98. The molecule has 1 aromatic heterocycles. The van der Waals surface area contributed by atoms with Crippen LogP contribution in [0.1, 0.15) is 4.88 Å². The average molecular weight is 341 g/mol. The molecule has 0 fully saturated rings. The van der Waals surface area contributed by atoms with E-state index in [2.05, 4.69) is 0 Å². The molecule has 1 aromatic carbocycles. The van der Waals surface area contributed by atoms with Crippen LogP contribution in [0.15, 0.2) is 40.6 Å². The Balaban J connectivity index is 2.24. The fraction of sp³-hybridized carbons (Fsp3) is 0.333. The number of nitrogens with zero attached hydrogens (tertiary/aromatic N) is 1. The molecule has 5 nitrogen and oxygen atoms in total. The molecule has 22 heavy (non-hydrogen) atoms. The normalized spacial score (nSPS) is 11.6. The Labute approximate surface area is 135 Å². The second-order valence-corrected chi connectivity index (χ2v) is 7.72. The third kappa shape index (κ3) is 3.60. The van der Waals surface area contributed by atoms with Crippen LogP contribution in [-0.4, -0.2) is 40.5 Å². The molecule has 0 atom stereocenters. The molecule has 0 aliphatic heterocycles.